The van der Waals surface area contributed by atoms with Crippen molar-refractivity contribution in [2.45, 2.75) is 17.9 Å². The maximum absolute atomic E-state index is 14.3. The molecule has 7 aromatic rings. The van der Waals surface area contributed by atoms with Crippen molar-refractivity contribution in [1.82, 2.24) is 20.3 Å². The number of morpholine rings is 1. The van der Waals surface area contributed by atoms with Crippen LogP contribution in [-0.4, -0.2) is 46.5 Å². The van der Waals surface area contributed by atoms with Gasteiger partial charge < -0.3 is 15.4 Å². The van der Waals surface area contributed by atoms with Crippen LogP contribution in [0.3, 0.4) is 0 Å². The van der Waals surface area contributed by atoms with E-state index in [2.05, 4.69) is 30.9 Å². The Bertz CT molecular complexity index is 2280. The summed E-state index contributed by atoms with van der Waals surface area (Å²) in [5.74, 6) is -1.46. The maximum Gasteiger partial charge on any atom is 0.346 e. The van der Waals surface area contributed by atoms with E-state index in [-0.39, 0.29) is 17.9 Å². The summed E-state index contributed by atoms with van der Waals surface area (Å²) < 4.78 is 8.12. The fourth-order valence-electron chi connectivity index (χ4n) is 6.53. The van der Waals surface area contributed by atoms with Crippen LogP contribution in [0, 0.1) is 0 Å². The summed E-state index contributed by atoms with van der Waals surface area (Å²) >= 11 is 2.84. The van der Waals surface area contributed by atoms with E-state index in [0.29, 0.717) is 29.1 Å². The maximum atomic E-state index is 14.3. The first kappa shape index (κ1) is 35.1. The van der Waals surface area contributed by atoms with Gasteiger partial charge in [-0.05, 0) is 45.7 Å². The third kappa shape index (κ3) is 7.87. The summed E-state index contributed by atoms with van der Waals surface area (Å²) in [6.07, 6.45) is 8.49. The minimum absolute atomic E-state index is 0.140. The van der Waals surface area contributed by atoms with Gasteiger partial charge >= 0.3 is 11.0 Å². The number of amides is 2. The SMILES string of the molecule is O=C(Nc1ncc(-c2cnccn2)s1)C(c1ccccc1)c1ccc(-[n+]2cc(C3CNCCO3)sc2NC(=O)C(c2ccccc2)c2ccccc2)cc1. The lowest BCUT2D eigenvalue weighted by atomic mass is 9.90. The molecule has 0 radical (unpaired) electrons. The fourth-order valence-corrected chi connectivity index (χ4v) is 8.39. The van der Waals surface area contributed by atoms with Crippen molar-refractivity contribution < 1.29 is 18.9 Å². The van der Waals surface area contributed by atoms with E-state index in [1.54, 1.807) is 24.8 Å². The average Bonchev–Trinajstić information content (AvgIpc) is 3.88. The Hall–Kier alpha value is -5.92. The Balaban J connectivity index is 1.10. The molecule has 0 spiro atoms. The van der Waals surface area contributed by atoms with Crippen molar-refractivity contribution in [2.75, 3.05) is 30.3 Å². The molecule has 1 aliphatic rings. The smallest absolute Gasteiger partial charge is 0.346 e. The number of thiazole rings is 2. The van der Waals surface area contributed by atoms with E-state index in [4.69, 9.17) is 4.74 Å². The first-order valence-corrected chi connectivity index (χ1v) is 19.2. The summed E-state index contributed by atoms with van der Waals surface area (Å²) in [6.45, 7) is 2.08. The van der Waals surface area contributed by atoms with Crippen molar-refractivity contribution >= 4 is 44.8 Å². The summed E-state index contributed by atoms with van der Waals surface area (Å²) in [6, 6.07) is 37.2. The number of rotatable bonds is 11. The number of benzene rings is 4. The molecule has 8 rings (SSSR count). The molecule has 0 saturated carbocycles. The van der Waals surface area contributed by atoms with Crippen LogP contribution in [-0.2, 0) is 14.3 Å². The van der Waals surface area contributed by atoms with Gasteiger partial charge in [0.1, 0.15) is 29.6 Å². The molecule has 3 aromatic heterocycles. The van der Waals surface area contributed by atoms with Crippen LogP contribution < -0.4 is 20.5 Å². The van der Waals surface area contributed by atoms with Gasteiger partial charge in [0.25, 0.3) is 0 Å². The van der Waals surface area contributed by atoms with Gasteiger partial charge in [-0.25, -0.2) is 9.78 Å². The van der Waals surface area contributed by atoms with Crippen LogP contribution in [0.15, 0.2) is 146 Å². The van der Waals surface area contributed by atoms with Crippen molar-refractivity contribution in [2.24, 2.45) is 0 Å². The second-order valence-electron chi connectivity index (χ2n) is 12.7. The lowest BCUT2D eigenvalue weighted by molar-refractivity contribution is -0.576. The summed E-state index contributed by atoms with van der Waals surface area (Å²) in [7, 11) is 0. The molecule has 54 heavy (non-hydrogen) atoms. The van der Waals surface area contributed by atoms with E-state index in [1.165, 1.54) is 22.7 Å². The summed E-state index contributed by atoms with van der Waals surface area (Å²) in [5, 5.41) is 10.9. The summed E-state index contributed by atoms with van der Waals surface area (Å²) in [4.78, 5) is 43.0. The van der Waals surface area contributed by atoms with Gasteiger partial charge in [0, 0.05) is 31.7 Å². The van der Waals surface area contributed by atoms with E-state index in [0.717, 1.165) is 44.2 Å². The lowest BCUT2D eigenvalue weighted by Crippen LogP contribution is -2.35. The van der Waals surface area contributed by atoms with Crippen LogP contribution in [0.4, 0.5) is 10.3 Å². The van der Waals surface area contributed by atoms with E-state index in [1.807, 2.05) is 126 Å². The van der Waals surface area contributed by atoms with Crippen LogP contribution in [0.1, 0.15) is 45.1 Å². The quantitative estimate of drug-likeness (QED) is 0.120. The Morgan fingerprint density at radius 3 is 1.91 bits per heavy atom. The number of carbonyl (C=O) groups excluding carboxylic acids is 2. The molecule has 1 saturated heterocycles. The number of carbonyl (C=O) groups is 2. The predicted molar refractivity (Wildman–Crippen MR) is 211 cm³/mol. The molecular formula is C42H36N7O3S2+. The molecule has 4 aromatic carbocycles. The number of ether oxygens (including phenoxy) is 1. The minimum Gasteiger partial charge on any atom is -0.370 e. The highest BCUT2D eigenvalue weighted by Gasteiger charge is 2.32. The molecule has 2 unspecified atom stereocenters. The van der Waals surface area contributed by atoms with Gasteiger partial charge in [-0.15, -0.1) is 0 Å². The second-order valence-corrected chi connectivity index (χ2v) is 14.8. The third-order valence-electron chi connectivity index (χ3n) is 9.14. The largest absolute Gasteiger partial charge is 0.370 e. The van der Waals surface area contributed by atoms with Crippen LogP contribution >= 0.6 is 22.7 Å². The second kappa shape index (κ2) is 16.4. The molecule has 10 nitrogen and oxygen atoms in total. The highest BCUT2D eigenvalue weighted by atomic mass is 32.1. The van der Waals surface area contributed by atoms with Gasteiger partial charge in [0.15, 0.2) is 5.13 Å². The van der Waals surface area contributed by atoms with E-state index < -0.39 is 11.8 Å². The number of nitrogens with zero attached hydrogens (tertiary/aromatic N) is 4. The number of hydrogen-bond acceptors (Lipinski definition) is 9. The molecule has 268 valence electrons. The molecule has 0 aliphatic carbocycles. The zero-order valence-corrected chi connectivity index (χ0v) is 30.7. The minimum atomic E-state index is -0.606. The highest BCUT2D eigenvalue weighted by Crippen LogP contribution is 2.33. The molecular weight excluding hydrogens is 715 g/mol. The number of nitrogens with one attached hydrogen (secondary N) is 3. The number of anilines is 2. The van der Waals surface area contributed by atoms with Gasteiger partial charge in [-0.3, -0.25) is 14.8 Å². The molecule has 2 amide bonds. The number of hydrogen-bond donors (Lipinski definition) is 3. The van der Waals surface area contributed by atoms with Gasteiger partial charge in [-0.2, -0.15) is 9.88 Å². The van der Waals surface area contributed by atoms with Crippen molar-refractivity contribution in [3.63, 3.8) is 0 Å². The van der Waals surface area contributed by atoms with Crippen molar-refractivity contribution in [3.05, 3.63) is 173 Å². The summed E-state index contributed by atoms with van der Waals surface area (Å²) in [5.41, 5.74) is 4.99. The van der Waals surface area contributed by atoms with Crippen molar-refractivity contribution in [1.29, 1.82) is 0 Å². The van der Waals surface area contributed by atoms with Crippen LogP contribution in [0.25, 0.3) is 16.3 Å². The fraction of sp³-hybridized carbons (Fsp3) is 0.143. The zero-order chi connectivity index (χ0) is 36.7. The average molecular weight is 751 g/mol. The van der Waals surface area contributed by atoms with Crippen LogP contribution in [0.2, 0.25) is 0 Å². The molecule has 3 N–H and O–H groups in total. The molecule has 2 atom stereocenters. The Labute approximate surface area is 320 Å². The van der Waals surface area contributed by atoms with Gasteiger partial charge in [0.2, 0.25) is 5.91 Å². The zero-order valence-electron chi connectivity index (χ0n) is 29.0. The topological polar surface area (TPSA) is 122 Å². The Kier molecular flexibility index (Phi) is 10.7. The van der Waals surface area contributed by atoms with Crippen LogP contribution in [0.5, 0.6) is 0 Å². The third-order valence-corrected chi connectivity index (χ3v) is 11.2. The van der Waals surface area contributed by atoms with Crippen molar-refractivity contribution in [3.8, 4) is 16.3 Å². The molecule has 4 heterocycles. The Morgan fingerprint density at radius 2 is 1.33 bits per heavy atom. The highest BCUT2D eigenvalue weighted by molar-refractivity contribution is 7.19. The van der Waals surface area contributed by atoms with E-state index >= 15 is 0 Å². The lowest BCUT2D eigenvalue weighted by Gasteiger charge is -2.21. The van der Waals surface area contributed by atoms with Gasteiger partial charge in [-0.1, -0.05) is 114 Å². The molecule has 1 aliphatic heterocycles. The number of aromatic nitrogens is 4. The standard InChI is InChI=1S/C42H35N7O3S2/c50-39(47-41-46-26-35(53-41)33-24-43-20-21-45-33)38(30-14-8-3-9-15-30)31-16-18-32(19-17-31)49-27-36(34-25-44-22-23-52-34)54-42(49)48-40(51)37(28-10-4-1-5-11-28)29-12-6-2-7-13-29/h1-21,24,26-27,34,37-38,44H,22-23,25H2,(H,45,46,47,50)/p+1. The Morgan fingerprint density at radius 1 is 0.722 bits per heavy atom. The van der Waals surface area contributed by atoms with Gasteiger partial charge in [0.05, 0.1) is 28.5 Å². The van der Waals surface area contributed by atoms with E-state index in [9.17, 15) is 9.59 Å². The predicted octanol–water partition coefficient (Wildman–Crippen LogP) is 7.14. The first-order chi connectivity index (χ1) is 26.6. The first-order valence-electron chi connectivity index (χ1n) is 17.6. The molecule has 12 heteroatoms. The monoisotopic (exact) mass is 750 g/mol. The molecule has 1 fully saturated rings. The normalized spacial score (nSPS) is 14.7. The molecule has 0 bridgehead atoms.